The lowest BCUT2D eigenvalue weighted by molar-refractivity contribution is 0.0943. The minimum atomic E-state index is -0.00610. The van der Waals surface area contributed by atoms with E-state index < -0.39 is 0 Å². The standard InChI is InChI=1S/C31H35N3O3S/c1-21-27(30(35)32-18-22-7-5-4-6-8-22)17-29(34(21)19-23-9-13-25(36-2)14-10-23)28-20-38-31(33-28)24-11-15-26(37-3)16-12-24/h9-17,20,22H,4-8,18-19H2,1-3H3,(H,32,35). The van der Waals surface area contributed by atoms with Crippen LogP contribution < -0.4 is 14.8 Å². The summed E-state index contributed by atoms with van der Waals surface area (Å²) in [6.07, 6.45) is 6.25. The van der Waals surface area contributed by atoms with Gasteiger partial charge < -0.3 is 19.4 Å². The first-order chi connectivity index (χ1) is 18.6. The number of hydrogen-bond donors (Lipinski definition) is 1. The van der Waals surface area contributed by atoms with Crippen LogP contribution in [0.4, 0.5) is 0 Å². The highest BCUT2D eigenvalue weighted by molar-refractivity contribution is 7.13. The molecule has 1 aliphatic rings. The van der Waals surface area contributed by atoms with Gasteiger partial charge in [-0.15, -0.1) is 11.3 Å². The van der Waals surface area contributed by atoms with Crippen LogP contribution in [0.2, 0.25) is 0 Å². The maximum absolute atomic E-state index is 13.4. The Bertz CT molecular complexity index is 1370. The number of benzene rings is 2. The molecule has 38 heavy (non-hydrogen) atoms. The number of aromatic nitrogens is 2. The normalized spacial score (nSPS) is 13.9. The summed E-state index contributed by atoms with van der Waals surface area (Å²) in [6, 6.07) is 18.0. The Hall–Kier alpha value is -3.58. The molecule has 1 N–H and O–H groups in total. The van der Waals surface area contributed by atoms with Crippen molar-refractivity contribution in [2.45, 2.75) is 45.6 Å². The van der Waals surface area contributed by atoms with E-state index in [2.05, 4.69) is 27.4 Å². The van der Waals surface area contributed by atoms with Crippen molar-refractivity contribution in [3.63, 3.8) is 0 Å². The molecule has 6 nitrogen and oxygen atoms in total. The van der Waals surface area contributed by atoms with E-state index in [-0.39, 0.29) is 5.91 Å². The van der Waals surface area contributed by atoms with Crippen molar-refractivity contribution in [2.24, 2.45) is 5.92 Å². The van der Waals surface area contributed by atoms with E-state index in [1.165, 1.54) is 32.1 Å². The molecule has 4 aromatic rings. The number of carbonyl (C=O) groups is 1. The molecule has 2 heterocycles. The van der Waals surface area contributed by atoms with Crippen LogP contribution in [-0.4, -0.2) is 36.2 Å². The molecule has 198 valence electrons. The Labute approximate surface area is 228 Å². The van der Waals surface area contributed by atoms with Crippen molar-refractivity contribution in [2.75, 3.05) is 20.8 Å². The summed E-state index contributed by atoms with van der Waals surface area (Å²) < 4.78 is 12.8. The molecule has 0 atom stereocenters. The van der Waals surface area contributed by atoms with Gasteiger partial charge in [-0.25, -0.2) is 4.98 Å². The summed E-state index contributed by atoms with van der Waals surface area (Å²) in [5.74, 6) is 2.22. The highest BCUT2D eigenvalue weighted by Gasteiger charge is 2.22. The van der Waals surface area contributed by atoms with Crippen molar-refractivity contribution in [3.05, 3.63) is 76.8 Å². The minimum Gasteiger partial charge on any atom is -0.497 e. The van der Waals surface area contributed by atoms with E-state index >= 15 is 0 Å². The van der Waals surface area contributed by atoms with Crippen LogP contribution in [0.5, 0.6) is 11.5 Å². The SMILES string of the molecule is COc1ccc(Cn2c(-c3csc(-c4ccc(OC)cc4)n3)cc(C(=O)NCC3CCCCC3)c2C)cc1. The van der Waals surface area contributed by atoms with E-state index in [4.69, 9.17) is 14.5 Å². The summed E-state index contributed by atoms with van der Waals surface area (Å²) in [4.78, 5) is 18.3. The third-order valence-electron chi connectivity index (χ3n) is 7.49. The van der Waals surface area contributed by atoms with Crippen LogP contribution in [0.15, 0.2) is 60.0 Å². The van der Waals surface area contributed by atoms with Crippen molar-refractivity contribution in [1.82, 2.24) is 14.9 Å². The van der Waals surface area contributed by atoms with Gasteiger partial charge in [0.2, 0.25) is 0 Å². The number of ether oxygens (including phenoxy) is 2. The zero-order valence-corrected chi connectivity index (χ0v) is 23.1. The first-order valence-electron chi connectivity index (χ1n) is 13.3. The van der Waals surface area contributed by atoms with Gasteiger partial charge in [0.25, 0.3) is 5.91 Å². The van der Waals surface area contributed by atoms with Gasteiger partial charge in [0.15, 0.2) is 0 Å². The highest BCUT2D eigenvalue weighted by atomic mass is 32.1. The number of carbonyl (C=O) groups excluding carboxylic acids is 1. The van der Waals surface area contributed by atoms with Crippen LogP contribution in [0.25, 0.3) is 22.0 Å². The monoisotopic (exact) mass is 529 g/mol. The zero-order chi connectivity index (χ0) is 26.5. The van der Waals surface area contributed by atoms with Gasteiger partial charge in [-0.05, 0) is 73.7 Å². The average Bonchev–Trinajstić information content (AvgIpc) is 3.58. The summed E-state index contributed by atoms with van der Waals surface area (Å²) in [6.45, 7) is 3.41. The van der Waals surface area contributed by atoms with Gasteiger partial charge in [-0.1, -0.05) is 31.4 Å². The third kappa shape index (κ3) is 5.78. The lowest BCUT2D eigenvalue weighted by atomic mass is 9.89. The third-order valence-corrected chi connectivity index (χ3v) is 8.38. The fourth-order valence-electron chi connectivity index (χ4n) is 5.19. The van der Waals surface area contributed by atoms with Crippen LogP contribution in [0.3, 0.4) is 0 Å². The van der Waals surface area contributed by atoms with Gasteiger partial charge in [0.05, 0.1) is 31.2 Å². The molecule has 0 radical (unpaired) electrons. The molecule has 7 heteroatoms. The summed E-state index contributed by atoms with van der Waals surface area (Å²) in [5.41, 5.74) is 5.63. The van der Waals surface area contributed by atoms with Gasteiger partial charge in [-0.2, -0.15) is 0 Å². The van der Waals surface area contributed by atoms with E-state index in [0.717, 1.165) is 51.3 Å². The Morgan fingerprint density at radius 3 is 2.32 bits per heavy atom. The van der Waals surface area contributed by atoms with Crippen molar-refractivity contribution < 1.29 is 14.3 Å². The quantitative estimate of drug-likeness (QED) is 0.254. The molecular weight excluding hydrogens is 494 g/mol. The van der Waals surface area contributed by atoms with E-state index in [0.29, 0.717) is 18.0 Å². The molecule has 5 rings (SSSR count). The molecule has 0 bridgehead atoms. The molecule has 0 unspecified atom stereocenters. The number of nitrogens with zero attached hydrogens (tertiary/aromatic N) is 2. The number of amides is 1. The predicted molar refractivity (Wildman–Crippen MR) is 153 cm³/mol. The maximum atomic E-state index is 13.4. The molecule has 1 fully saturated rings. The average molecular weight is 530 g/mol. The largest absolute Gasteiger partial charge is 0.497 e. The molecule has 1 aliphatic carbocycles. The Morgan fingerprint density at radius 1 is 1.00 bits per heavy atom. The number of nitrogens with one attached hydrogen (secondary N) is 1. The van der Waals surface area contributed by atoms with E-state index in [9.17, 15) is 4.79 Å². The summed E-state index contributed by atoms with van der Waals surface area (Å²) in [7, 11) is 3.34. The van der Waals surface area contributed by atoms with Crippen molar-refractivity contribution in [3.8, 4) is 33.5 Å². The first kappa shape index (κ1) is 26.0. The number of methoxy groups -OCH3 is 2. The van der Waals surface area contributed by atoms with Crippen LogP contribution >= 0.6 is 11.3 Å². The van der Waals surface area contributed by atoms with Crippen LogP contribution in [0, 0.1) is 12.8 Å². The van der Waals surface area contributed by atoms with Crippen LogP contribution in [-0.2, 0) is 6.54 Å². The van der Waals surface area contributed by atoms with E-state index in [1.54, 1.807) is 25.6 Å². The molecular formula is C31H35N3O3S. The second kappa shape index (κ2) is 11.9. The second-order valence-corrected chi connectivity index (χ2v) is 10.8. The lowest BCUT2D eigenvalue weighted by Crippen LogP contribution is -2.30. The minimum absolute atomic E-state index is 0.00610. The first-order valence-corrected chi connectivity index (χ1v) is 14.1. The number of hydrogen-bond acceptors (Lipinski definition) is 5. The summed E-state index contributed by atoms with van der Waals surface area (Å²) >= 11 is 1.60. The smallest absolute Gasteiger partial charge is 0.253 e. The molecule has 2 aromatic heterocycles. The zero-order valence-electron chi connectivity index (χ0n) is 22.3. The van der Waals surface area contributed by atoms with Crippen molar-refractivity contribution in [1.29, 1.82) is 0 Å². The molecule has 2 aromatic carbocycles. The maximum Gasteiger partial charge on any atom is 0.253 e. The fraction of sp³-hybridized carbons (Fsp3) is 0.355. The van der Waals surface area contributed by atoms with Gasteiger partial charge >= 0.3 is 0 Å². The topological polar surface area (TPSA) is 65.4 Å². The molecule has 0 spiro atoms. The Balaban J connectivity index is 1.45. The number of rotatable bonds is 9. The second-order valence-electron chi connectivity index (χ2n) is 9.94. The molecule has 1 amide bonds. The number of thiazole rings is 1. The fourth-order valence-corrected chi connectivity index (χ4v) is 6.01. The van der Waals surface area contributed by atoms with Gasteiger partial charge in [-0.3, -0.25) is 4.79 Å². The van der Waals surface area contributed by atoms with Gasteiger partial charge in [0.1, 0.15) is 16.5 Å². The Morgan fingerprint density at radius 2 is 1.66 bits per heavy atom. The van der Waals surface area contributed by atoms with E-state index in [1.807, 2.05) is 49.4 Å². The molecule has 0 aliphatic heterocycles. The summed E-state index contributed by atoms with van der Waals surface area (Å²) in [5, 5.41) is 6.23. The van der Waals surface area contributed by atoms with Gasteiger partial charge in [0, 0.05) is 29.7 Å². The van der Waals surface area contributed by atoms with Crippen LogP contribution in [0.1, 0.15) is 53.7 Å². The predicted octanol–water partition coefficient (Wildman–Crippen LogP) is 6.96. The molecule has 1 saturated carbocycles. The highest BCUT2D eigenvalue weighted by Crippen LogP contribution is 2.33. The van der Waals surface area contributed by atoms with Crippen molar-refractivity contribution >= 4 is 17.2 Å². The Kier molecular flexibility index (Phi) is 8.13. The molecule has 0 saturated heterocycles. The lowest BCUT2D eigenvalue weighted by Gasteiger charge is -2.21.